The SMILES string of the molecule is c1cnc(OC[C@@H]2CC[C@H]3[C@@H]2OCCN3Cc2ccncc2)nc1. The van der Waals surface area contributed by atoms with Gasteiger partial charge in [-0.2, -0.15) is 0 Å². The van der Waals surface area contributed by atoms with Crippen molar-refractivity contribution in [1.29, 1.82) is 0 Å². The molecule has 2 aromatic rings. The summed E-state index contributed by atoms with van der Waals surface area (Å²) in [5.41, 5.74) is 1.31. The zero-order chi connectivity index (χ0) is 16.2. The molecule has 1 saturated heterocycles. The minimum absolute atomic E-state index is 0.240. The Hall–Kier alpha value is -2.05. The van der Waals surface area contributed by atoms with Crippen LogP contribution in [0, 0.1) is 5.92 Å². The molecule has 3 atom stereocenters. The van der Waals surface area contributed by atoms with Crippen LogP contribution in [0.2, 0.25) is 0 Å². The summed E-state index contributed by atoms with van der Waals surface area (Å²) in [5, 5.41) is 0. The molecule has 0 unspecified atom stereocenters. The lowest BCUT2D eigenvalue weighted by Crippen LogP contribution is -2.50. The molecular formula is C18H22N4O2. The maximum Gasteiger partial charge on any atom is 0.316 e. The van der Waals surface area contributed by atoms with Crippen molar-refractivity contribution in [3.05, 3.63) is 48.5 Å². The minimum Gasteiger partial charge on any atom is -0.463 e. The molecule has 1 aliphatic carbocycles. The highest BCUT2D eigenvalue weighted by atomic mass is 16.5. The first kappa shape index (κ1) is 15.5. The summed E-state index contributed by atoms with van der Waals surface area (Å²) >= 11 is 0. The van der Waals surface area contributed by atoms with E-state index in [-0.39, 0.29) is 6.10 Å². The Kier molecular flexibility index (Phi) is 4.66. The number of aromatic nitrogens is 3. The van der Waals surface area contributed by atoms with Crippen LogP contribution in [-0.4, -0.2) is 51.8 Å². The standard InChI is InChI=1S/C18H22N4O2/c1-6-20-18(21-7-1)24-13-15-2-3-16-17(15)23-11-10-22(16)12-14-4-8-19-9-5-14/h1,4-9,15-17H,2-3,10-13H2/t15-,16-,17+/m0/s1. The number of hydrogen-bond donors (Lipinski definition) is 0. The zero-order valence-electron chi connectivity index (χ0n) is 13.6. The van der Waals surface area contributed by atoms with E-state index in [2.05, 4.69) is 32.0 Å². The van der Waals surface area contributed by atoms with E-state index < -0.39 is 0 Å². The van der Waals surface area contributed by atoms with E-state index in [1.165, 1.54) is 5.56 Å². The summed E-state index contributed by atoms with van der Waals surface area (Å²) in [6, 6.07) is 6.89. The van der Waals surface area contributed by atoms with Gasteiger partial charge in [-0.05, 0) is 36.6 Å². The normalized spacial score (nSPS) is 26.9. The molecular weight excluding hydrogens is 304 g/mol. The summed E-state index contributed by atoms with van der Waals surface area (Å²) in [4.78, 5) is 14.9. The van der Waals surface area contributed by atoms with Crippen LogP contribution in [-0.2, 0) is 11.3 Å². The Labute approximate surface area is 141 Å². The van der Waals surface area contributed by atoms with E-state index in [0.29, 0.717) is 24.6 Å². The van der Waals surface area contributed by atoms with E-state index in [9.17, 15) is 0 Å². The third kappa shape index (κ3) is 3.39. The summed E-state index contributed by atoms with van der Waals surface area (Å²) < 4.78 is 11.9. The van der Waals surface area contributed by atoms with Gasteiger partial charge in [0.2, 0.25) is 0 Å². The lowest BCUT2D eigenvalue weighted by molar-refractivity contribution is -0.0819. The van der Waals surface area contributed by atoms with Gasteiger partial charge in [-0.15, -0.1) is 0 Å². The Morgan fingerprint density at radius 2 is 1.96 bits per heavy atom. The molecule has 2 fully saturated rings. The average molecular weight is 326 g/mol. The largest absolute Gasteiger partial charge is 0.463 e. The fourth-order valence-electron chi connectivity index (χ4n) is 3.78. The molecule has 0 bridgehead atoms. The molecule has 1 aliphatic heterocycles. The van der Waals surface area contributed by atoms with Gasteiger partial charge < -0.3 is 9.47 Å². The van der Waals surface area contributed by atoms with Gasteiger partial charge in [-0.1, -0.05) is 0 Å². The van der Waals surface area contributed by atoms with Crippen LogP contribution in [0.4, 0.5) is 0 Å². The van der Waals surface area contributed by atoms with Crippen molar-refractivity contribution in [3.8, 4) is 6.01 Å². The van der Waals surface area contributed by atoms with Crippen molar-refractivity contribution in [2.24, 2.45) is 5.92 Å². The second kappa shape index (κ2) is 7.23. The minimum atomic E-state index is 0.240. The second-order valence-corrected chi connectivity index (χ2v) is 6.41. The van der Waals surface area contributed by atoms with Crippen molar-refractivity contribution in [2.45, 2.75) is 31.5 Å². The molecule has 126 valence electrons. The van der Waals surface area contributed by atoms with Crippen LogP contribution in [0.3, 0.4) is 0 Å². The molecule has 6 nitrogen and oxygen atoms in total. The van der Waals surface area contributed by atoms with E-state index in [4.69, 9.17) is 9.47 Å². The van der Waals surface area contributed by atoms with Crippen molar-refractivity contribution in [3.63, 3.8) is 0 Å². The summed E-state index contributed by atoms with van der Waals surface area (Å²) in [7, 11) is 0. The van der Waals surface area contributed by atoms with Crippen molar-refractivity contribution >= 4 is 0 Å². The third-order valence-electron chi connectivity index (χ3n) is 4.94. The first-order valence-corrected chi connectivity index (χ1v) is 8.54. The summed E-state index contributed by atoms with van der Waals surface area (Å²) in [6.45, 7) is 3.35. The highest BCUT2D eigenvalue weighted by molar-refractivity contribution is 5.10. The second-order valence-electron chi connectivity index (χ2n) is 6.41. The van der Waals surface area contributed by atoms with Gasteiger partial charge in [0.15, 0.2) is 0 Å². The monoisotopic (exact) mass is 326 g/mol. The Morgan fingerprint density at radius 3 is 2.79 bits per heavy atom. The third-order valence-corrected chi connectivity index (χ3v) is 4.94. The predicted octanol–water partition coefficient (Wildman–Crippen LogP) is 1.93. The first-order chi connectivity index (χ1) is 11.9. The lowest BCUT2D eigenvalue weighted by atomic mass is 10.0. The maximum atomic E-state index is 6.10. The van der Waals surface area contributed by atoms with Crippen LogP contribution >= 0.6 is 0 Å². The number of morpholine rings is 1. The molecule has 0 N–H and O–H groups in total. The van der Waals surface area contributed by atoms with Gasteiger partial charge in [-0.25, -0.2) is 9.97 Å². The highest BCUT2D eigenvalue weighted by Crippen LogP contribution is 2.35. The van der Waals surface area contributed by atoms with Gasteiger partial charge in [0.1, 0.15) is 0 Å². The van der Waals surface area contributed by atoms with E-state index in [1.807, 2.05) is 12.4 Å². The molecule has 2 aromatic heterocycles. The molecule has 2 aliphatic rings. The van der Waals surface area contributed by atoms with Crippen molar-refractivity contribution in [2.75, 3.05) is 19.8 Å². The average Bonchev–Trinajstić information content (AvgIpc) is 3.06. The fraction of sp³-hybridized carbons (Fsp3) is 0.500. The molecule has 0 radical (unpaired) electrons. The molecule has 1 saturated carbocycles. The Morgan fingerprint density at radius 1 is 1.12 bits per heavy atom. The summed E-state index contributed by atoms with van der Waals surface area (Å²) in [5.74, 6) is 0.402. The molecule has 24 heavy (non-hydrogen) atoms. The molecule has 3 heterocycles. The number of ether oxygens (including phenoxy) is 2. The van der Waals surface area contributed by atoms with Crippen LogP contribution in [0.5, 0.6) is 6.01 Å². The maximum absolute atomic E-state index is 6.10. The van der Waals surface area contributed by atoms with Gasteiger partial charge in [0.05, 0.1) is 19.3 Å². The van der Waals surface area contributed by atoms with Crippen LogP contribution < -0.4 is 4.74 Å². The van der Waals surface area contributed by atoms with Gasteiger partial charge in [0, 0.05) is 49.8 Å². The van der Waals surface area contributed by atoms with E-state index in [1.54, 1.807) is 18.5 Å². The van der Waals surface area contributed by atoms with Gasteiger partial charge in [-0.3, -0.25) is 9.88 Å². The molecule has 6 heteroatoms. The quantitative estimate of drug-likeness (QED) is 0.837. The first-order valence-electron chi connectivity index (χ1n) is 8.54. The van der Waals surface area contributed by atoms with E-state index >= 15 is 0 Å². The number of fused-ring (bicyclic) bond motifs is 1. The Bertz CT molecular complexity index is 640. The molecule has 4 rings (SSSR count). The molecule has 0 spiro atoms. The Balaban J connectivity index is 1.37. The van der Waals surface area contributed by atoms with Crippen molar-refractivity contribution in [1.82, 2.24) is 19.9 Å². The van der Waals surface area contributed by atoms with Crippen molar-refractivity contribution < 1.29 is 9.47 Å². The fourth-order valence-corrected chi connectivity index (χ4v) is 3.78. The molecule has 0 aromatic carbocycles. The topological polar surface area (TPSA) is 60.4 Å². The highest BCUT2D eigenvalue weighted by Gasteiger charge is 2.42. The number of hydrogen-bond acceptors (Lipinski definition) is 6. The van der Waals surface area contributed by atoms with Crippen LogP contribution in [0.1, 0.15) is 18.4 Å². The predicted molar refractivity (Wildman–Crippen MR) is 88.4 cm³/mol. The number of rotatable bonds is 5. The van der Waals surface area contributed by atoms with E-state index in [0.717, 1.165) is 32.5 Å². The summed E-state index contributed by atoms with van der Waals surface area (Å²) in [6.07, 6.45) is 9.63. The molecule has 0 amide bonds. The van der Waals surface area contributed by atoms with Crippen LogP contribution in [0.25, 0.3) is 0 Å². The number of pyridine rings is 1. The van der Waals surface area contributed by atoms with Gasteiger partial charge in [0.25, 0.3) is 0 Å². The number of nitrogens with zero attached hydrogens (tertiary/aromatic N) is 4. The smallest absolute Gasteiger partial charge is 0.316 e. The zero-order valence-corrected chi connectivity index (χ0v) is 13.6. The van der Waals surface area contributed by atoms with Crippen LogP contribution in [0.15, 0.2) is 43.0 Å². The van der Waals surface area contributed by atoms with Gasteiger partial charge >= 0.3 is 6.01 Å². The lowest BCUT2D eigenvalue weighted by Gasteiger charge is -2.39.